The summed E-state index contributed by atoms with van der Waals surface area (Å²) in [4.78, 5) is 43.4. The summed E-state index contributed by atoms with van der Waals surface area (Å²) in [7, 11) is 0. The van der Waals surface area contributed by atoms with Crippen LogP contribution >= 0.6 is 11.3 Å². The molecule has 14 heteroatoms. The maximum Gasteiger partial charge on any atom is 0.416 e. The molecular weight excluding hydrogens is 583 g/mol. The molecule has 0 spiro atoms. The van der Waals surface area contributed by atoms with Crippen molar-refractivity contribution < 1.29 is 27.5 Å². The van der Waals surface area contributed by atoms with Crippen molar-refractivity contribution in [3.8, 4) is 33.3 Å². The monoisotopic (exact) mass is 603 g/mol. The summed E-state index contributed by atoms with van der Waals surface area (Å²) in [5.74, 6) is 0.537. The summed E-state index contributed by atoms with van der Waals surface area (Å²) in [6, 6.07) is 12.8. The quantitative estimate of drug-likeness (QED) is 0.195. The molecular formula is C29H20F3N7O3S. The maximum absolute atomic E-state index is 13.3. The lowest BCUT2D eigenvalue weighted by atomic mass is 10.0. The van der Waals surface area contributed by atoms with Crippen LogP contribution in [0.3, 0.4) is 0 Å². The van der Waals surface area contributed by atoms with Crippen molar-refractivity contribution in [1.82, 2.24) is 19.9 Å². The molecule has 0 saturated carbocycles. The van der Waals surface area contributed by atoms with Gasteiger partial charge in [-0.2, -0.15) is 13.2 Å². The van der Waals surface area contributed by atoms with Crippen molar-refractivity contribution in [1.29, 1.82) is 0 Å². The summed E-state index contributed by atoms with van der Waals surface area (Å²) < 4.78 is 45.7. The number of hydrogen-bond donors (Lipinski definition) is 2. The molecule has 1 aliphatic rings. The van der Waals surface area contributed by atoms with Gasteiger partial charge < -0.3 is 15.4 Å². The molecule has 3 amide bonds. The number of carbonyl (C=O) groups is 2. The van der Waals surface area contributed by atoms with Crippen molar-refractivity contribution >= 4 is 39.8 Å². The van der Waals surface area contributed by atoms with Gasteiger partial charge in [0.25, 0.3) is 0 Å². The van der Waals surface area contributed by atoms with Gasteiger partial charge in [-0.1, -0.05) is 23.5 Å². The van der Waals surface area contributed by atoms with Crippen LogP contribution in [0.1, 0.15) is 12.0 Å². The second kappa shape index (κ2) is 11.5. The number of thiazole rings is 1. The molecule has 5 aromatic rings. The molecule has 10 nitrogen and oxygen atoms in total. The molecule has 3 aromatic heterocycles. The number of benzene rings is 2. The molecule has 0 unspecified atom stereocenters. The van der Waals surface area contributed by atoms with Gasteiger partial charge in [-0.05, 0) is 48.0 Å². The van der Waals surface area contributed by atoms with E-state index in [1.807, 2.05) is 12.1 Å². The molecule has 0 radical (unpaired) electrons. The van der Waals surface area contributed by atoms with E-state index in [-0.39, 0.29) is 23.3 Å². The second-order valence-corrected chi connectivity index (χ2v) is 10.3. The van der Waals surface area contributed by atoms with Crippen LogP contribution in [-0.4, -0.2) is 38.4 Å². The molecule has 0 atom stereocenters. The van der Waals surface area contributed by atoms with Gasteiger partial charge in [0.2, 0.25) is 5.91 Å². The maximum atomic E-state index is 13.3. The first-order chi connectivity index (χ1) is 20.7. The first-order valence-electron chi connectivity index (χ1n) is 12.8. The standard InChI is InChI=1S/C29H20F3N7O3S/c30-29(31,32)19-5-8-22(18-2-1-10-33-13-18)23(12-19)38-26(41)37-20-14-34-27(35-15-20)42-21-6-3-17(4-7-21)24-16-36-28(43-24)39-11-9-25(39)40/h1-8,10,12-16H,9,11H2,(H2,37,38,41). The van der Waals surface area contributed by atoms with Gasteiger partial charge in [0.1, 0.15) is 5.75 Å². The van der Waals surface area contributed by atoms with E-state index in [0.717, 1.165) is 22.6 Å². The summed E-state index contributed by atoms with van der Waals surface area (Å²) in [6.45, 7) is 0.681. The number of aromatic nitrogens is 4. The lowest BCUT2D eigenvalue weighted by molar-refractivity contribution is -0.137. The van der Waals surface area contributed by atoms with Crippen molar-refractivity contribution in [2.24, 2.45) is 0 Å². The van der Waals surface area contributed by atoms with Crippen LogP contribution in [0.4, 0.5) is 34.5 Å². The number of pyridine rings is 1. The number of carbonyl (C=O) groups excluding carboxylic acids is 2. The van der Waals surface area contributed by atoms with Crippen molar-refractivity contribution in [3.05, 3.63) is 91.1 Å². The number of β-lactam (4-membered cyclic amide) rings is 1. The molecule has 2 aromatic carbocycles. The van der Waals surface area contributed by atoms with Crippen LogP contribution in [0.15, 0.2) is 85.6 Å². The Bertz CT molecular complexity index is 1780. The van der Waals surface area contributed by atoms with Crippen LogP contribution < -0.4 is 20.3 Å². The Hall–Kier alpha value is -5.37. The molecule has 1 saturated heterocycles. The van der Waals surface area contributed by atoms with Crippen LogP contribution in [0.5, 0.6) is 11.8 Å². The molecule has 43 heavy (non-hydrogen) atoms. The minimum Gasteiger partial charge on any atom is -0.424 e. The van der Waals surface area contributed by atoms with Crippen LogP contribution in [0.2, 0.25) is 0 Å². The highest BCUT2D eigenvalue weighted by Crippen LogP contribution is 2.36. The van der Waals surface area contributed by atoms with E-state index in [2.05, 4.69) is 30.6 Å². The van der Waals surface area contributed by atoms with Crippen molar-refractivity contribution in [2.45, 2.75) is 12.6 Å². The Morgan fingerprint density at radius 2 is 1.72 bits per heavy atom. The predicted octanol–water partition coefficient (Wildman–Crippen LogP) is 6.85. The number of hydrogen-bond acceptors (Lipinski definition) is 8. The molecule has 0 aliphatic carbocycles. The minimum atomic E-state index is -4.59. The van der Waals surface area contributed by atoms with E-state index in [0.29, 0.717) is 35.0 Å². The molecule has 6 rings (SSSR count). The number of anilines is 3. The summed E-state index contributed by atoms with van der Waals surface area (Å²) in [6.07, 6.45) is 3.30. The molecule has 4 heterocycles. The van der Waals surface area contributed by atoms with E-state index in [1.54, 1.807) is 35.4 Å². The number of amides is 3. The van der Waals surface area contributed by atoms with Gasteiger partial charge in [0, 0.05) is 42.7 Å². The normalized spacial score (nSPS) is 12.9. The van der Waals surface area contributed by atoms with E-state index < -0.39 is 17.8 Å². The van der Waals surface area contributed by atoms with Gasteiger partial charge in [0.05, 0.1) is 34.2 Å². The molecule has 216 valence electrons. The highest BCUT2D eigenvalue weighted by atomic mass is 32.1. The van der Waals surface area contributed by atoms with Crippen LogP contribution in [-0.2, 0) is 11.0 Å². The molecule has 2 N–H and O–H groups in total. The zero-order valence-corrected chi connectivity index (χ0v) is 22.8. The second-order valence-electron chi connectivity index (χ2n) is 9.26. The topological polar surface area (TPSA) is 122 Å². The van der Waals surface area contributed by atoms with Gasteiger partial charge in [0.15, 0.2) is 5.13 Å². The Morgan fingerprint density at radius 1 is 0.930 bits per heavy atom. The summed E-state index contributed by atoms with van der Waals surface area (Å²) in [5.41, 5.74) is 1.04. The molecule has 0 bridgehead atoms. The van der Waals surface area contributed by atoms with E-state index >= 15 is 0 Å². The molecule has 1 fully saturated rings. The van der Waals surface area contributed by atoms with E-state index in [9.17, 15) is 22.8 Å². The highest BCUT2D eigenvalue weighted by molar-refractivity contribution is 7.19. The predicted molar refractivity (Wildman–Crippen MR) is 154 cm³/mol. The van der Waals surface area contributed by atoms with Gasteiger partial charge >= 0.3 is 18.2 Å². The third kappa shape index (κ3) is 6.28. The minimum absolute atomic E-state index is 0.0202. The van der Waals surface area contributed by atoms with Crippen molar-refractivity contribution in [3.63, 3.8) is 0 Å². The fraction of sp³-hybridized carbons (Fsp3) is 0.103. The number of alkyl halides is 3. The number of halogens is 3. The van der Waals surface area contributed by atoms with Crippen LogP contribution in [0, 0.1) is 0 Å². The lowest BCUT2D eigenvalue weighted by Gasteiger charge is -2.27. The lowest BCUT2D eigenvalue weighted by Crippen LogP contribution is -2.43. The zero-order valence-electron chi connectivity index (χ0n) is 22.0. The summed E-state index contributed by atoms with van der Waals surface area (Å²) >= 11 is 1.43. The average molecular weight is 604 g/mol. The van der Waals surface area contributed by atoms with Crippen molar-refractivity contribution in [2.75, 3.05) is 22.1 Å². The Morgan fingerprint density at radius 3 is 2.37 bits per heavy atom. The number of ether oxygens (including phenoxy) is 1. The average Bonchev–Trinajstić information content (AvgIpc) is 3.47. The fourth-order valence-electron chi connectivity index (χ4n) is 4.15. The summed E-state index contributed by atoms with van der Waals surface area (Å²) in [5, 5.41) is 5.65. The number of nitrogens with one attached hydrogen (secondary N) is 2. The zero-order chi connectivity index (χ0) is 30.0. The first-order valence-corrected chi connectivity index (χ1v) is 13.6. The smallest absolute Gasteiger partial charge is 0.416 e. The third-order valence-corrected chi connectivity index (χ3v) is 7.45. The first kappa shape index (κ1) is 27.8. The third-order valence-electron chi connectivity index (χ3n) is 6.38. The fourth-order valence-corrected chi connectivity index (χ4v) is 5.11. The van der Waals surface area contributed by atoms with Gasteiger partial charge in [-0.15, -0.1) is 0 Å². The van der Waals surface area contributed by atoms with Gasteiger partial charge in [-0.3, -0.25) is 14.7 Å². The number of nitrogens with zero attached hydrogens (tertiary/aromatic N) is 5. The highest BCUT2D eigenvalue weighted by Gasteiger charge is 2.31. The Labute approximate surface area is 246 Å². The number of urea groups is 1. The van der Waals surface area contributed by atoms with E-state index in [4.69, 9.17) is 4.74 Å². The van der Waals surface area contributed by atoms with Gasteiger partial charge in [-0.25, -0.2) is 19.7 Å². The van der Waals surface area contributed by atoms with Crippen LogP contribution in [0.25, 0.3) is 21.6 Å². The Balaban J connectivity index is 1.09. The SMILES string of the molecule is O=C(Nc1cnc(Oc2ccc(-c3cnc(N4CCC4=O)s3)cc2)nc1)Nc1cc(C(F)(F)F)ccc1-c1cccnc1. The number of rotatable bonds is 7. The molecule has 1 aliphatic heterocycles. The largest absolute Gasteiger partial charge is 0.424 e. The Kier molecular flexibility index (Phi) is 7.42. The van der Waals surface area contributed by atoms with E-state index in [1.165, 1.54) is 42.2 Å².